The van der Waals surface area contributed by atoms with Crippen molar-refractivity contribution in [3.63, 3.8) is 0 Å². The smallest absolute Gasteiger partial charge is 0.410 e. The Morgan fingerprint density at radius 2 is 1.79 bits per heavy atom. The molecule has 0 aromatic heterocycles. The molecular weight excluding hydrogens is 451 g/mol. The average Bonchev–Trinajstić information content (AvgIpc) is 2.98. The van der Waals surface area contributed by atoms with E-state index in [2.05, 4.69) is 14.9 Å². The Balaban J connectivity index is 1.39. The van der Waals surface area contributed by atoms with Gasteiger partial charge in [0, 0.05) is 31.4 Å². The summed E-state index contributed by atoms with van der Waals surface area (Å²) in [5, 5.41) is -0.649. The van der Waals surface area contributed by atoms with Gasteiger partial charge in [0.05, 0.1) is 17.3 Å². The fraction of sp³-hybridized carbons (Fsp3) is 0.864. The van der Waals surface area contributed by atoms with Gasteiger partial charge >= 0.3 is 6.09 Å². The summed E-state index contributed by atoms with van der Waals surface area (Å²) >= 11 is 0. The Morgan fingerprint density at radius 1 is 1.12 bits per heavy atom. The molecule has 2 bridgehead atoms. The zero-order chi connectivity index (χ0) is 23.9. The number of likely N-dealkylation sites (tertiary alicyclic amines) is 1. The summed E-state index contributed by atoms with van der Waals surface area (Å²) in [6.07, 6.45) is 1.34. The summed E-state index contributed by atoms with van der Waals surface area (Å²) in [6.45, 7) is 7.05. The monoisotopic (exact) mass is 486 g/mol. The molecule has 3 fully saturated rings. The van der Waals surface area contributed by atoms with Crippen molar-refractivity contribution >= 4 is 27.7 Å². The predicted octanol–water partition coefficient (Wildman–Crippen LogP) is 2.40. The SMILES string of the molecule is CC(C)OC(=O)N1CC2CCC(C1)N2C1=NCN=C(OC2CCC(S(C)(=O)=O)CC2F)C1C. The van der Waals surface area contributed by atoms with Crippen LogP contribution in [0.25, 0.3) is 0 Å². The minimum atomic E-state index is -3.26. The van der Waals surface area contributed by atoms with Crippen LogP contribution < -0.4 is 0 Å². The number of carbonyl (C=O) groups excluding carboxylic acids is 1. The van der Waals surface area contributed by atoms with Gasteiger partial charge in [-0.3, -0.25) is 0 Å². The average molecular weight is 487 g/mol. The lowest BCUT2D eigenvalue weighted by Crippen LogP contribution is -2.59. The molecule has 1 saturated carbocycles. The van der Waals surface area contributed by atoms with Crippen LogP contribution in [0.4, 0.5) is 9.18 Å². The maximum Gasteiger partial charge on any atom is 0.410 e. The molecule has 1 aliphatic carbocycles. The third-order valence-corrected chi connectivity index (χ3v) is 8.74. The number of aliphatic imine (C=N–C) groups is 2. The van der Waals surface area contributed by atoms with Crippen LogP contribution in [-0.4, -0.2) is 97.8 Å². The standard InChI is InChI=1S/C22H35FN4O5S/c1-13(2)31-22(28)26-10-15-5-6-16(11-26)27(15)20-14(3)21(25-12-24-20)32-19-8-7-17(9-18(19)23)33(4,29)30/h13-19H,5-12H2,1-4H3. The maximum absolute atomic E-state index is 14.8. The van der Waals surface area contributed by atoms with E-state index < -0.39 is 27.4 Å². The number of hydrogen-bond donors (Lipinski definition) is 0. The van der Waals surface area contributed by atoms with E-state index in [0.717, 1.165) is 24.9 Å². The van der Waals surface area contributed by atoms with E-state index in [-0.39, 0.29) is 43.3 Å². The van der Waals surface area contributed by atoms with E-state index in [1.165, 1.54) is 0 Å². The number of piperazine rings is 1. The van der Waals surface area contributed by atoms with Crippen molar-refractivity contribution in [3.8, 4) is 0 Å². The number of rotatable bonds is 3. The van der Waals surface area contributed by atoms with Crippen LogP contribution in [0, 0.1) is 5.92 Å². The Hall–Kier alpha value is -1.91. The fourth-order valence-corrected chi connectivity index (χ4v) is 6.53. The second kappa shape index (κ2) is 9.38. The number of halogens is 1. The molecule has 6 atom stereocenters. The zero-order valence-corrected chi connectivity index (χ0v) is 20.6. The minimum Gasteiger partial charge on any atom is -0.474 e. The Bertz CT molecular complexity index is 910. The molecule has 1 amide bonds. The number of hydrogen-bond acceptors (Lipinski definition) is 8. The molecule has 2 saturated heterocycles. The van der Waals surface area contributed by atoms with Crippen LogP contribution in [0.2, 0.25) is 0 Å². The highest BCUT2D eigenvalue weighted by molar-refractivity contribution is 7.91. The Morgan fingerprint density at radius 3 is 2.36 bits per heavy atom. The summed E-state index contributed by atoms with van der Waals surface area (Å²) in [5.41, 5.74) is 0. The van der Waals surface area contributed by atoms with E-state index in [0.29, 0.717) is 31.8 Å². The van der Waals surface area contributed by atoms with E-state index in [1.54, 1.807) is 4.90 Å². The molecule has 4 rings (SSSR count). The lowest BCUT2D eigenvalue weighted by Gasteiger charge is -2.44. The molecule has 0 spiro atoms. The lowest BCUT2D eigenvalue weighted by molar-refractivity contribution is 0.0465. The largest absolute Gasteiger partial charge is 0.474 e. The van der Waals surface area contributed by atoms with Crippen molar-refractivity contribution in [2.75, 3.05) is 26.0 Å². The van der Waals surface area contributed by atoms with Gasteiger partial charge in [-0.05, 0) is 52.9 Å². The number of sulfone groups is 1. The fourth-order valence-electron chi connectivity index (χ4n) is 5.44. The van der Waals surface area contributed by atoms with E-state index >= 15 is 0 Å². The normalized spacial score (nSPS) is 34.7. The topological polar surface area (TPSA) is 101 Å². The van der Waals surface area contributed by atoms with Gasteiger partial charge < -0.3 is 19.3 Å². The van der Waals surface area contributed by atoms with Crippen LogP contribution in [-0.2, 0) is 19.3 Å². The first kappa shape index (κ1) is 24.2. The van der Waals surface area contributed by atoms with Gasteiger partial charge in [-0.15, -0.1) is 0 Å². The molecule has 0 aromatic rings. The summed E-state index contributed by atoms with van der Waals surface area (Å²) in [5.74, 6) is 1.12. The molecule has 11 heteroatoms. The first-order valence-corrected chi connectivity index (χ1v) is 13.8. The van der Waals surface area contributed by atoms with Gasteiger partial charge in [-0.25, -0.2) is 27.6 Å². The number of carbonyl (C=O) groups is 1. The van der Waals surface area contributed by atoms with Crippen LogP contribution >= 0.6 is 0 Å². The molecule has 3 heterocycles. The first-order valence-electron chi connectivity index (χ1n) is 11.9. The third-order valence-electron chi connectivity index (χ3n) is 7.10. The number of amides is 1. The molecule has 9 nitrogen and oxygen atoms in total. The molecular formula is C22H35FN4O5S. The maximum atomic E-state index is 14.8. The van der Waals surface area contributed by atoms with Gasteiger partial charge in [-0.2, -0.15) is 0 Å². The second-order valence-electron chi connectivity index (χ2n) is 9.94. The van der Waals surface area contributed by atoms with E-state index in [9.17, 15) is 17.6 Å². The molecule has 0 aromatic carbocycles. The van der Waals surface area contributed by atoms with E-state index in [4.69, 9.17) is 9.47 Å². The van der Waals surface area contributed by atoms with Gasteiger partial charge in [0.25, 0.3) is 0 Å². The van der Waals surface area contributed by atoms with Gasteiger partial charge in [0.15, 0.2) is 5.90 Å². The van der Waals surface area contributed by atoms with Crippen molar-refractivity contribution in [1.82, 2.24) is 9.80 Å². The number of nitrogens with zero attached hydrogens (tertiary/aromatic N) is 4. The van der Waals surface area contributed by atoms with Crippen molar-refractivity contribution in [3.05, 3.63) is 0 Å². The zero-order valence-electron chi connectivity index (χ0n) is 19.8. The number of amidine groups is 1. The Kier molecular flexibility index (Phi) is 6.89. The molecule has 4 aliphatic rings. The Labute approximate surface area is 195 Å². The quantitative estimate of drug-likeness (QED) is 0.607. The minimum absolute atomic E-state index is 0.0370. The van der Waals surface area contributed by atoms with Crippen molar-refractivity contribution < 1.29 is 27.1 Å². The lowest BCUT2D eigenvalue weighted by atomic mass is 9.95. The summed E-state index contributed by atoms with van der Waals surface area (Å²) in [4.78, 5) is 25.6. The highest BCUT2D eigenvalue weighted by atomic mass is 32.2. The van der Waals surface area contributed by atoms with Crippen LogP contribution in [0.5, 0.6) is 0 Å². The molecule has 0 N–H and O–H groups in total. The van der Waals surface area contributed by atoms with Crippen LogP contribution in [0.15, 0.2) is 9.98 Å². The molecule has 186 valence electrons. The first-order chi connectivity index (χ1) is 15.5. The van der Waals surface area contributed by atoms with Crippen LogP contribution in [0.1, 0.15) is 52.9 Å². The van der Waals surface area contributed by atoms with Crippen molar-refractivity contribution in [2.45, 2.75) is 88.6 Å². The van der Waals surface area contributed by atoms with Gasteiger partial charge in [0.1, 0.15) is 34.6 Å². The number of ether oxygens (including phenoxy) is 2. The second-order valence-corrected chi connectivity index (χ2v) is 12.3. The molecule has 33 heavy (non-hydrogen) atoms. The molecule has 6 unspecified atom stereocenters. The predicted molar refractivity (Wildman–Crippen MR) is 123 cm³/mol. The molecule has 3 aliphatic heterocycles. The number of alkyl halides is 1. The highest BCUT2D eigenvalue weighted by Crippen LogP contribution is 2.34. The summed E-state index contributed by atoms with van der Waals surface area (Å²) in [7, 11) is -3.26. The summed E-state index contributed by atoms with van der Waals surface area (Å²) in [6, 6.07) is 0.311. The van der Waals surface area contributed by atoms with Gasteiger partial charge in [-0.1, -0.05) is 0 Å². The third kappa shape index (κ3) is 5.12. The summed E-state index contributed by atoms with van der Waals surface area (Å²) < 4.78 is 49.8. The highest BCUT2D eigenvalue weighted by Gasteiger charge is 2.46. The van der Waals surface area contributed by atoms with Crippen molar-refractivity contribution in [2.24, 2.45) is 15.9 Å². The number of fused-ring (bicyclic) bond motifs is 2. The molecule has 0 radical (unpaired) electrons. The van der Waals surface area contributed by atoms with Crippen LogP contribution in [0.3, 0.4) is 0 Å². The van der Waals surface area contributed by atoms with Gasteiger partial charge in [0.2, 0.25) is 0 Å². The van der Waals surface area contributed by atoms with E-state index in [1.807, 2.05) is 20.8 Å². The van der Waals surface area contributed by atoms with Crippen molar-refractivity contribution in [1.29, 1.82) is 0 Å².